The summed E-state index contributed by atoms with van der Waals surface area (Å²) in [5, 5.41) is 3.47. The van der Waals surface area contributed by atoms with E-state index < -0.39 is 0 Å². The molecule has 2 aromatic heterocycles. The minimum absolute atomic E-state index is 0.192. The lowest BCUT2D eigenvalue weighted by molar-refractivity contribution is 0.0949. The van der Waals surface area contributed by atoms with Crippen molar-refractivity contribution in [2.45, 2.75) is 53.5 Å². The first-order valence-corrected chi connectivity index (χ1v) is 14.2. The molecule has 2 aromatic carbocycles. The summed E-state index contributed by atoms with van der Waals surface area (Å²) in [6.07, 6.45) is 4.74. The van der Waals surface area contributed by atoms with Crippen molar-refractivity contribution in [3.05, 3.63) is 104 Å². The zero-order valence-corrected chi connectivity index (χ0v) is 24.1. The second-order valence-corrected chi connectivity index (χ2v) is 10.9. The fourth-order valence-electron chi connectivity index (χ4n) is 4.14. The molecule has 0 fully saturated rings. The Kier molecular flexibility index (Phi) is 11.3. The van der Waals surface area contributed by atoms with E-state index in [1.54, 1.807) is 17.5 Å². The minimum atomic E-state index is -0.331. The Hall–Kier alpha value is -3.22. The van der Waals surface area contributed by atoms with E-state index in [1.807, 2.05) is 48.9 Å². The molecule has 4 aromatic rings. The number of ether oxygens (including phenoxy) is 1. The van der Waals surface area contributed by atoms with Crippen molar-refractivity contribution in [2.75, 3.05) is 13.2 Å². The average molecular weight is 533 g/mol. The van der Waals surface area contributed by atoms with E-state index in [9.17, 15) is 9.59 Å². The second-order valence-electron chi connectivity index (χ2n) is 9.81. The van der Waals surface area contributed by atoms with Gasteiger partial charge in [0.1, 0.15) is 10.4 Å². The molecule has 0 saturated carbocycles. The zero-order valence-electron chi connectivity index (χ0n) is 23.3. The largest absolute Gasteiger partial charge is 0.381 e. The predicted molar refractivity (Wildman–Crippen MR) is 159 cm³/mol. The third-order valence-corrected chi connectivity index (χ3v) is 7.61. The topological polar surface area (TPSA) is 60.3 Å². The third-order valence-electron chi connectivity index (χ3n) is 6.24. The van der Waals surface area contributed by atoms with Crippen molar-refractivity contribution in [2.24, 2.45) is 13.0 Å². The highest BCUT2D eigenvalue weighted by molar-refractivity contribution is 7.18. The van der Waals surface area contributed by atoms with Crippen molar-refractivity contribution >= 4 is 27.5 Å². The normalized spacial score (nSPS) is 11.6. The molecule has 6 heteroatoms. The molecule has 38 heavy (non-hydrogen) atoms. The smallest absolute Gasteiger partial charge is 0.257 e. The monoisotopic (exact) mass is 532 g/mol. The standard InChI is InChI=1S/C19H20N2O2S.C13H20O/c1-4-14-9-15-17(22)16(11-21(3)19(15)24-14)18(23)20-10-13-7-5-12(2)6-8-13;1-3-9-14-11-12(2)10-13-7-5-4-6-8-13/h5-9,11H,4,10H2,1-3H3,(H,20,23);4-8,12H,3,9-11H2,1-2H3. The van der Waals surface area contributed by atoms with Crippen molar-refractivity contribution < 1.29 is 9.53 Å². The lowest BCUT2D eigenvalue weighted by atomic mass is 10.0. The maximum Gasteiger partial charge on any atom is 0.257 e. The number of carbonyl (C=O) groups is 1. The maximum absolute atomic E-state index is 12.6. The number of nitrogens with zero attached hydrogens (tertiary/aromatic N) is 1. The van der Waals surface area contributed by atoms with Gasteiger partial charge in [-0.2, -0.15) is 0 Å². The van der Waals surface area contributed by atoms with Crippen LogP contribution in [0.25, 0.3) is 10.2 Å². The number of aryl methyl sites for hydroxylation is 3. The lowest BCUT2D eigenvalue weighted by Crippen LogP contribution is -2.29. The first kappa shape index (κ1) is 29.3. The van der Waals surface area contributed by atoms with Crippen molar-refractivity contribution in [1.29, 1.82) is 0 Å². The third kappa shape index (κ3) is 8.40. The SMILES string of the molecule is CCCOCC(C)Cc1ccccc1.CCc1cc2c(=O)c(C(=O)NCc3ccc(C)cc3)cn(C)c2s1. The second kappa shape index (κ2) is 14.6. The molecule has 202 valence electrons. The zero-order chi connectivity index (χ0) is 27.5. The molecule has 2 heterocycles. The Morgan fingerprint density at radius 2 is 1.76 bits per heavy atom. The average Bonchev–Trinajstić information content (AvgIpc) is 3.37. The van der Waals surface area contributed by atoms with Crippen LogP contribution in [0.15, 0.2) is 71.7 Å². The van der Waals surface area contributed by atoms with Crippen LogP contribution >= 0.6 is 11.3 Å². The number of pyridine rings is 1. The molecule has 0 spiro atoms. The summed E-state index contributed by atoms with van der Waals surface area (Å²) >= 11 is 1.60. The summed E-state index contributed by atoms with van der Waals surface area (Å²) in [6, 6.07) is 20.5. The van der Waals surface area contributed by atoms with E-state index in [4.69, 9.17) is 4.74 Å². The Morgan fingerprint density at radius 3 is 2.42 bits per heavy atom. The van der Waals surface area contributed by atoms with E-state index in [0.717, 1.165) is 47.7 Å². The molecular weight excluding hydrogens is 492 g/mol. The van der Waals surface area contributed by atoms with Gasteiger partial charge in [-0.25, -0.2) is 0 Å². The number of aromatic nitrogens is 1. The van der Waals surface area contributed by atoms with Crippen molar-refractivity contribution in [3.63, 3.8) is 0 Å². The number of thiophene rings is 1. The van der Waals surface area contributed by atoms with Gasteiger partial charge in [0.15, 0.2) is 0 Å². The van der Waals surface area contributed by atoms with E-state index >= 15 is 0 Å². The van der Waals surface area contributed by atoms with E-state index in [2.05, 4.69) is 56.4 Å². The van der Waals surface area contributed by atoms with Crippen LogP contribution in [0.1, 0.15) is 59.1 Å². The van der Waals surface area contributed by atoms with E-state index in [1.165, 1.54) is 11.1 Å². The van der Waals surface area contributed by atoms with Gasteiger partial charge in [0.2, 0.25) is 5.43 Å². The highest BCUT2D eigenvalue weighted by Gasteiger charge is 2.16. The summed E-state index contributed by atoms with van der Waals surface area (Å²) in [5.41, 5.74) is 3.59. The first-order chi connectivity index (χ1) is 18.3. The van der Waals surface area contributed by atoms with E-state index in [-0.39, 0.29) is 16.9 Å². The molecule has 1 unspecified atom stereocenters. The van der Waals surface area contributed by atoms with Crippen LogP contribution in [0.5, 0.6) is 0 Å². The molecule has 0 bridgehead atoms. The number of hydrogen-bond donors (Lipinski definition) is 1. The number of hydrogen-bond acceptors (Lipinski definition) is 4. The highest BCUT2D eigenvalue weighted by atomic mass is 32.1. The maximum atomic E-state index is 12.6. The Labute approximate surface area is 230 Å². The van der Waals surface area contributed by atoms with Gasteiger partial charge in [0.25, 0.3) is 5.91 Å². The number of rotatable bonds is 10. The van der Waals surface area contributed by atoms with Crippen LogP contribution in [0.3, 0.4) is 0 Å². The summed E-state index contributed by atoms with van der Waals surface area (Å²) in [7, 11) is 1.87. The number of amides is 1. The predicted octanol–water partition coefficient (Wildman–Crippen LogP) is 6.69. The molecule has 5 nitrogen and oxygen atoms in total. The Bertz CT molecular complexity index is 1360. The van der Waals surface area contributed by atoms with Crippen LogP contribution in [-0.4, -0.2) is 23.7 Å². The van der Waals surface area contributed by atoms with Gasteiger partial charge in [0.05, 0.1) is 5.39 Å². The molecular formula is C32H40N2O3S. The van der Waals surface area contributed by atoms with Gasteiger partial charge in [-0.3, -0.25) is 9.59 Å². The van der Waals surface area contributed by atoms with Crippen LogP contribution in [0.2, 0.25) is 0 Å². The quantitative estimate of drug-likeness (QED) is 0.231. The summed E-state index contributed by atoms with van der Waals surface area (Å²) in [5.74, 6) is 0.284. The van der Waals surface area contributed by atoms with Gasteiger partial charge >= 0.3 is 0 Å². The molecule has 0 aliphatic rings. The van der Waals surface area contributed by atoms with E-state index in [0.29, 0.717) is 17.8 Å². The highest BCUT2D eigenvalue weighted by Crippen LogP contribution is 2.23. The number of carbonyl (C=O) groups excluding carboxylic acids is 1. The summed E-state index contributed by atoms with van der Waals surface area (Å²) in [6.45, 7) is 10.6. The van der Waals surface area contributed by atoms with Gasteiger partial charge < -0.3 is 14.6 Å². The van der Waals surface area contributed by atoms with Gasteiger partial charge in [0, 0.05) is 37.9 Å². The fourth-order valence-corrected chi connectivity index (χ4v) is 5.16. The Morgan fingerprint density at radius 1 is 1.05 bits per heavy atom. The molecule has 0 radical (unpaired) electrons. The molecule has 0 aliphatic carbocycles. The Balaban J connectivity index is 0.000000244. The molecule has 1 atom stereocenters. The fraction of sp³-hybridized carbons (Fsp3) is 0.375. The number of benzene rings is 2. The number of nitrogens with one attached hydrogen (secondary N) is 1. The summed E-state index contributed by atoms with van der Waals surface area (Å²) in [4.78, 5) is 27.2. The van der Waals surface area contributed by atoms with Crippen LogP contribution in [0.4, 0.5) is 0 Å². The minimum Gasteiger partial charge on any atom is -0.381 e. The van der Waals surface area contributed by atoms with Crippen molar-refractivity contribution in [1.82, 2.24) is 9.88 Å². The summed E-state index contributed by atoms with van der Waals surface area (Å²) < 4.78 is 7.38. The molecule has 0 aliphatic heterocycles. The van der Waals surface area contributed by atoms with Crippen molar-refractivity contribution in [3.8, 4) is 0 Å². The van der Waals surface area contributed by atoms with Crippen LogP contribution < -0.4 is 10.7 Å². The molecule has 4 rings (SSSR count). The first-order valence-electron chi connectivity index (χ1n) is 13.4. The van der Waals surface area contributed by atoms with Gasteiger partial charge in [-0.1, -0.05) is 80.9 Å². The van der Waals surface area contributed by atoms with Crippen LogP contribution in [0, 0.1) is 12.8 Å². The van der Waals surface area contributed by atoms with Gasteiger partial charge in [-0.05, 0) is 49.3 Å². The van der Waals surface area contributed by atoms with Gasteiger partial charge in [-0.15, -0.1) is 11.3 Å². The molecule has 0 saturated heterocycles. The molecule has 1 N–H and O–H groups in total. The lowest BCUT2D eigenvalue weighted by Gasteiger charge is -2.11. The molecule has 1 amide bonds. The van der Waals surface area contributed by atoms with Crippen LogP contribution in [-0.2, 0) is 31.2 Å². The number of fused-ring (bicyclic) bond motifs is 1.